The molecule has 0 saturated carbocycles. The van der Waals surface area contributed by atoms with Gasteiger partial charge in [-0.3, -0.25) is 10.1 Å². The maximum Gasteiger partial charge on any atom is 0.258 e. The smallest absolute Gasteiger partial charge is 0.258 e. The van der Waals surface area contributed by atoms with Gasteiger partial charge in [-0.15, -0.1) is 0 Å². The van der Waals surface area contributed by atoms with Gasteiger partial charge in [-0.2, -0.15) is 0 Å². The number of benzene rings is 2. The van der Waals surface area contributed by atoms with E-state index in [1.165, 1.54) is 23.5 Å². The second-order valence-electron chi connectivity index (χ2n) is 4.85. The van der Waals surface area contributed by atoms with Crippen LogP contribution in [0.15, 0.2) is 47.4 Å². The summed E-state index contributed by atoms with van der Waals surface area (Å²) >= 11 is 7.20. The van der Waals surface area contributed by atoms with Crippen molar-refractivity contribution in [2.45, 2.75) is 4.90 Å². The van der Waals surface area contributed by atoms with Crippen LogP contribution < -0.4 is 5.32 Å². The molecular formula is C15H11ClN2O3S2. The number of thiazole rings is 1. The van der Waals surface area contributed by atoms with E-state index in [0.29, 0.717) is 15.7 Å². The number of nitrogens with one attached hydrogen (secondary N) is 1. The highest BCUT2D eigenvalue weighted by Gasteiger charge is 2.19. The lowest BCUT2D eigenvalue weighted by atomic mass is 10.2. The quantitative estimate of drug-likeness (QED) is 0.768. The number of halogens is 1. The average Bonchev–Trinajstić information content (AvgIpc) is 2.87. The Kier molecular flexibility index (Phi) is 4.09. The Morgan fingerprint density at radius 1 is 1.22 bits per heavy atom. The number of carbonyl (C=O) groups is 1. The van der Waals surface area contributed by atoms with E-state index in [2.05, 4.69) is 10.3 Å². The SMILES string of the molecule is CS(=O)(=O)c1ccccc1C(=O)Nc1nc2ccc(Cl)cc2s1. The third kappa shape index (κ3) is 3.36. The molecule has 0 fully saturated rings. The summed E-state index contributed by atoms with van der Waals surface area (Å²) in [5, 5.41) is 3.61. The molecule has 3 aromatic rings. The van der Waals surface area contributed by atoms with Crippen molar-refractivity contribution in [1.29, 1.82) is 0 Å². The molecule has 5 nitrogen and oxygen atoms in total. The average molecular weight is 367 g/mol. The lowest BCUT2D eigenvalue weighted by Crippen LogP contribution is -2.15. The van der Waals surface area contributed by atoms with Crippen LogP contribution in [-0.2, 0) is 9.84 Å². The molecule has 0 atom stereocenters. The number of anilines is 1. The Morgan fingerprint density at radius 3 is 2.70 bits per heavy atom. The minimum absolute atomic E-state index is 0.0124. The molecular weight excluding hydrogens is 356 g/mol. The Bertz CT molecular complexity index is 1010. The van der Waals surface area contributed by atoms with E-state index in [-0.39, 0.29) is 10.5 Å². The molecule has 3 rings (SSSR count). The first-order valence-electron chi connectivity index (χ1n) is 6.51. The first-order chi connectivity index (χ1) is 10.8. The number of sulfone groups is 1. The first kappa shape index (κ1) is 15.9. The summed E-state index contributed by atoms with van der Waals surface area (Å²) in [6.07, 6.45) is 1.07. The van der Waals surface area contributed by atoms with Crippen molar-refractivity contribution in [3.8, 4) is 0 Å². The molecule has 1 heterocycles. The van der Waals surface area contributed by atoms with E-state index in [4.69, 9.17) is 11.6 Å². The van der Waals surface area contributed by atoms with E-state index in [0.717, 1.165) is 11.0 Å². The van der Waals surface area contributed by atoms with Gasteiger partial charge in [-0.1, -0.05) is 35.1 Å². The fourth-order valence-electron chi connectivity index (χ4n) is 2.09. The molecule has 2 aromatic carbocycles. The Balaban J connectivity index is 1.95. The van der Waals surface area contributed by atoms with Crippen LogP contribution in [0.2, 0.25) is 5.02 Å². The minimum atomic E-state index is -3.50. The zero-order valence-electron chi connectivity index (χ0n) is 11.9. The maximum absolute atomic E-state index is 12.4. The van der Waals surface area contributed by atoms with Crippen molar-refractivity contribution >= 4 is 54.0 Å². The first-order valence-corrected chi connectivity index (χ1v) is 9.60. The van der Waals surface area contributed by atoms with Crippen LogP contribution >= 0.6 is 22.9 Å². The molecule has 1 N–H and O–H groups in total. The van der Waals surface area contributed by atoms with Crippen molar-refractivity contribution in [2.24, 2.45) is 0 Å². The highest BCUT2D eigenvalue weighted by atomic mass is 35.5. The molecule has 1 amide bonds. The molecule has 0 saturated heterocycles. The van der Waals surface area contributed by atoms with Gasteiger partial charge in [0, 0.05) is 11.3 Å². The second-order valence-corrected chi connectivity index (χ2v) is 8.30. The predicted octanol–water partition coefficient (Wildman–Crippen LogP) is 3.61. The third-order valence-electron chi connectivity index (χ3n) is 3.10. The van der Waals surface area contributed by atoms with Crippen molar-refractivity contribution in [3.63, 3.8) is 0 Å². The highest BCUT2D eigenvalue weighted by Crippen LogP contribution is 2.29. The predicted molar refractivity (Wildman–Crippen MR) is 92.1 cm³/mol. The van der Waals surface area contributed by atoms with Gasteiger partial charge in [0.15, 0.2) is 15.0 Å². The van der Waals surface area contributed by atoms with Crippen LogP contribution in [0.25, 0.3) is 10.2 Å². The summed E-state index contributed by atoms with van der Waals surface area (Å²) in [7, 11) is -3.50. The Hall–Kier alpha value is -1.96. The largest absolute Gasteiger partial charge is 0.298 e. The minimum Gasteiger partial charge on any atom is -0.298 e. The van der Waals surface area contributed by atoms with Crippen molar-refractivity contribution in [1.82, 2.24) is 4.98 Å². The number of carbonyl (C=O) groups excluding carboxylic acids is 1. The maximum atomic E-state index is 12.4. The van der Waals surface area contributed by atoms with E-state index < -0.39 is 15.7 Å². The van der Waals surface area contributed by atoms with Crippen LogP contribution in [0.5, 0.6) is 0 Å². The van der Waals surface area contributed by atoms with Gasteiger partial charge < -0.3 is 0 Å². The number of hydrogen-bond acceptors (Lipinski definition) is 5. The standard InChI is InChI=1S/C15H11ClN2O3S2/c1-23(20,21)13-5-3-2-4-10(13)14(19)18-15-17-11-7-6-9(16)8-12(11)22-15/h2-8H,1H3,(H,17,18,19). The molecule has 0 aliphatic heterocycles. The summed E-state index contributed by atoms with van der Waals surface area (Å²) in [5.74, 6) is -0.517. The number of fused-ring (bicyclic) bond motifs is 1. The number of rotatable bonds is 3. The summed E-state index contributed by atoms with van der Waals surface area (Å²) in [5.41, 5.74) is 0.804. The molecule has 118 valence electrons. The van der Waals surface area contributed by atoms with Gasteiger partial charge in [0.1, 0.15) is 0 Å². The fraction of sp³-hybridized carbons (Fsp3) is 0.0667. The van der Waals surface area contributed by atoms with Gasteiger partial charge in [0.25, 0.3) is 5.91 Å². The van der Waals surface area contributed by atoms with Crippen LogP contribution in [0.1, 0.15) is 10.4 Å². The molecule has 0 radical (unpaired) electrons. The van der Waals surface area contributed by atoms with E-state index in [9.17, 15) is 13.2 Å². The lowest BCUT2D eigenvalue weighted by Gasteiger charge is -2.06. The van der Waals surface area contributed by atoms with E-state index in [1.54, 1.807) is 30.3 Å². The molecule has 23 heavy (non-hydrogen) atoms. The van der Waals surface area contributed by atoms with Crippen LogP contribution in [0.3, 0.4) is 0 Å². The molecule has 8 heteroatoms. The normalized spacial score (nSPS) is 11.6. The molecule has 1 aromatic heterocycles. The van der Waals surface area contributed by atoms with Gasteiger partial charge in [0.05, 0.1) is 20.7 Å². The summed E-state index contributed by atoms with van der Waals surface area (Å²) in [6, 6.07) is 11.3. The summed E-state index contributed by atoms with van der Waals surface area (Å²) in [4.78, 5) is 16.7. The number of nitrogens with zero attached hydrogens (tertiary/aromatic N) is 1. The summed E-state index contributed by atoms with van der Waals surface area (Å²) < 4.78 is 24.4. The molecule has 0 spiro atoms. The van der Waals surface area contributed by atoms with Gasteiger partial charge in [-0.25, -0.2) is 13.4 Å². The lowest BCUT2D eigenvalue weighted by molar-refractivity contribution is 0.102. The van der Waals surface area contributed by atoms with Crippen molar-refractivity contribution in [3.05, 3.63) is 53.1 Å². The highest BCUT2D eigenvalue weighted by molar-refractivity contribution is 7.90. The Labute approximate surface area is 141 Å². The molecule has 0 unspecified atom stereocenters. The third-order valence-corrected chi connectivity index (χ3v) is 5.43. The number of hydrogen-bond donors (Lipinski definition) is 1. The van der Waals surface area contributed by atoms with Crippen LogP contribution in [0.4, 0.5) is 5.13 Å². The number of aromatic nitrogens is 1. The van der Waals surface area contributed by atoms with Gasteiger partial charge >= 0.3 is 0 Å². The fourth-order valence-corrected chi connectivity index (χ4v) is 4.12. The molecule has 0 aliphatic carbocycles. The monoisotopic (exact) mass is 366 g/mol. The summed E-state index contributed by atoms with van der Waals surface area (Å²) in [6.45, 7) is 0. The topological polar surface area (TPSA) is 76.1 Å². The molecule has 0 bridgehead atoms. The Morgan fingerprint density at radius 2 is 1.96 bits per heavy atom. The van der Waals surface area contributed by atoms with E-state index >= 15 is 0 Å². The zero-order valence-corrected chi connectivity index (χ0v) is 14.3. The van der Waals surface area contributed by atoms with Gasteiger partial charge in [-0.05, 0) is 30.3 Å². The van der Waals surface area contributed by atoms with E-state index in [1.807, 2.05) is 0 Å². The molecule has 0 aliphatic rings. The van der Waals surface area contributed by atoms with Crippen molar-refractivity contribution < 1.29 is 13.2 Å². The second kappa shape index (κ2) is 5.92. The number of amides is 1. The van der Waals surface area contributed by atoms with Crippen LogP contribution in [0, 0.1) is 0 Å². The zero-order chi connectivity index (χ0) is 16.6. The van der Waals surface area contributed by atoms with Crippen LogP contribution in [-0.4, -0.2) is 25.6 Å². The van der Waals surface area contributed by atoms with Crippen molar-refractivity contribution in [2.75, 3.05) is 11.6 Å². The van der Waals surface area contributed by atoms with Gasteiger partial charge in [0.2, 0.25) is 0 Å².